The van der Waals surface area contributed by atoms with Gasteiger partial charge in [0.2, 0.25) is 0 Å². The molecule has 0 aromatic rings. The minimum Gasteiger partial charge on any atom is -0.397 e. The zero-order valence-corrected chi connectivity index (χ0v) is 10.3. The number of nitrogens with zero attached hydrogens (tertiary/aromatic N) is 1. The van der Waals surface area contributed by atoms with Gasteiger partial charge in [-0.25, -0.2) is 0 Å². The zero-order chi connectivity index (χ0) is 10.6. The van der Waals surface area contributed by atoms with Crippen LogP contribution in [0, 0.1) is 0 Å². The molecular formula is C11H21N2P. The third-order valence-electron chi connectivity index (χ3n) is 2.55. The number of unbranched alkanes of at least 4 members (excludes halogenated alkanes) is 1. The summed E-state index contributed by atoms with van der Waals surface area (Å²) in [6.45, 7) is 5.65. The summed E-state index contributed by atoms with van der Waals surface area (Å²) >= 11 is 0. The second kappa shape index (κ2) is 5.41. The molecule has 0 radical (unpaired) electrons. The Kier molecular flexibility index (Phi) is 4.47. The van der Waals surface area contributed by atoms with Gasteiger partial charge < -0.3 is 10.6 Å². The minimum atomic E-state index is 0.0349. The van der Waals surface area contributed by atoms with Gasteiger partial charge >= 0.3 is 0 Å². The van der Waals surface area contributed by atoms with Crippen molar-refractivity contribution in [1.29, 1.82) is 0 Å². The van der Waals surface area contributed by atoms with E-state index in [1.54, 1.807) is 0 Å². The van der Waals surface area contributed by atoms with Crippen LogP contribution in [0.1, 0.15) is 19.8 Å². The monoisotopic (exact) mass is 212 g/mol. The van der Waals surface area contributed by atoms with E-state index in [-0.39, 0.29) is 7.92 Å². The molecule has 0 saturated heterocycles. The molecule has 0 aromatic heterocycles. The molecule has 0 aliphatic carbocycles. The molecular weight excluding hydrogens is 191 g/mol. The molecule has 1 atom stereocenters. The Labute approximate surface area is 88.6 Å². The van der Waals surface area contributed by atoms with Crippen LogP contribution < -0.4 is 5.73 Å². The minimum absolute atomic E-state index is 0.0349. The van der Waals surface area contributed by atoms with Crippen LogP contribution in [0.2, 0.25) is 0 Å². The Morgan fingerprint density at radius 1 is 1.57 bits per heavy atom. The fourth-order valence-electron chi connectivity index (χ4n) is 1.56. The molecule has 2 nitrogen and oxygen atoms in total. The van der Waals surface area contributed by atoms with Crippen LogP contribution in [0.5, 0.6) is 0 Å². The smallest absolute Gasteiger partial charge is 0.0513 e. The first kappa shape index (κ1) is 11.6. The molecule has 1 rings (SSSR count). The van der Waals surface area contributed by atoms with Gasteiger partial charge in [0.1, 0.15) is 0 Å². The van der Waals surface area contributed by atoms with E-state index in [0.717, 1.165) is 18.4 Å². The molecule has 1 aliphatic heterocycles. The van der Waals surface area contributed by atoms with Crippen molar-refractivity contribution >= 4 is 7.92 Å². The molecule has 0 saturated carbocycles. The second-order valence-electron chi connectivity index (χ2n) is 3.91. The molecule has 14 heavy (non-hydrogen) atoms. The Balaban J connectivity index is 2.60. The number of hydrogen-bond acceptors (Lipinski definition) is 2. The van der Waals surface area contributed by atoms with Crippen molar-refractivity contribution in [2.45, 2.75) is 19.8 Å². The first-order chi connectivity index (χ1) is 6.65. The summed E-state index contributed by atoms with van der Waals surface area (Å²) < 4.78 is 0. The van der Waals surface area contributed by atoms with Gasteiger partial charge in [-0.15, -0.1) is 0 Å². The fourth-order valence-corrected chi connectivity index (χ4v) is 2.97. The molecule has 3 heteroatoms. The highest BCUT2D eigenvalue weighted by Gasteiger charge is 2.14. The van der Waals surface area contributed by atoms with E-state index < -0.39 is 0 Å². The average Bonchev–Trinajstić information content (AvgIpc) is 2.18. The van der Waals surface area contributed by atoms with Crippen LogP contribution in [0.4, 0.5) is 0 Å². The van der Waals surface area contributed by atoms with E-state index in [4.69, 9.17) is 5.73 Å². The maximum absolute atomic E-state index is 5.98. The molecule has 0 bridgehead atoms. The largest absolute Gasteiger partial charge is 0.397 e. The molecule has 80 valence electrons. The van der Waals surface area contributed by atoms with E-state index in [0.29, 0.717) is 0 Å². The van der Waals surface area contributed by atoms with E-state index in [1.165, 1.54) is 18.5 Å². The van der Waals surface area contributed by atoms with E-state index in [2.05, 4.69) is 37.4 Å². The third kappa shape index (κ3) is 3.02. The first-order valence-corrected chi connectivity index (χ1v) is 7.27. The van der Waals surface area contributed by atoms with E-state index in [9.17, 15) is 0 Å². The molecule has 0 spiro atoms. The topological polar surface area (TPSA) is 29.3 Å². The quantitative estimate of drug-likeness (QED) is 0.725. The molecule has 0 aromatic carbocycles. The van der Waals surface area contributed by atoms with Crippen molar-refractivity contribution in [1.82, 2.24) is 4.90 Å². The summed E-state index contributed by atoms with van der Waals surface area (Å²) in [4.78, 5) is 2.32. The Morgan fingerprint density at radius 2 is 2.29 bits per heavy atom. The zero-order valence-electron chi connectivity index (χ0n) is 9.45. The van der Waals surface area contributed by atoms with Crippen molar-refractivity contribution in [3.05, 3.63) is 23.3 Å². The summed E-state index contributed by atoms with van der Waals surface area (Å²) in [5.41, 5.74) is 8.28. The number of allylic oxidation sites excluding steroid dienone is 2. The second-order valence-corrected chi connectivity index (χ2v) is 6.04. The van der Waals surface area contributed by atoms with Gasteiger partial charge in [0.15, 0.2) is 0 Å². The Morgan fingerprint density at radius 3 is 2.93 bits per heavy atom. The maximum atomic E-state index is 5.98. The number of nitrogens with two attached hydrogens (primary N) is 1. The van der Waals surface area contributed by atoms with Crippen LogP contribution in [0.25, 0.3) is 0 Å². The van der Waals surface area contributed by atoms with Gasteiger partial charge in [-0.1, -0.05) is 27.1 Å². The van der Waals surface area contributed by atoms with Crippen LogP contribution in [0.3, 0.4) is 0 Å². The highest BCUT2D eigenvalue weighted by atomic mass is 31.1. The lowest BCUT2D eigenvalue weighted by atomic mass is 10.2. The summed E-state index contributed by atoms with van der Waals surface area (Å²) in [5, 5.41) is 0. The van der Waals surface area contributed by atoms with Crippen molar-refractivity contribution in [2.75, 3.05) is 26.4 Å². The van der Waals surface area contributed by atoms with Crippen molar-refractivity contribution in [3.8, 4) is 0 Å². The van der Waals surface area contributed by atoms with Gasteiger partial charge in [0.05, 0.1) is 5.70 Å². The fraction of sp³-hybridized carbons (Fsp3) is 0.636. The van der Waals surface area contributed by atoms with Crippen molar-refractivity contribution in [2.24, 2.45) is 5.73 Å². The van der Waals surface area contributed by atoms with Gasteiger partial charge in [-0.3, -0.25) is 0 Å². The predicted molar refractivity (Wildman–Crippen MR) is 65.6 cm³/mol. The molecule has 1 unspecified atom stereocenters. The Bertz CT molecular complexity index is 246. The summed E-state index contributed by atoms with van der Waals surface area (Å²) in [6.07, 6.45) is 5.72. The molecule has 0 fully saturated rings. The SMILES string of the molecule is CCCCN(C)C1=C(N)C=CP(C)C1. The lowest BCUT2D eigenvalue weighted by Gasteiger charge is -2.27. The van der Waals surface area contributed by atoms with Crippen molar-refractivity contribution < 1.29 is 0 Å². The van der Waals surface area contributed by atoms with Crippen LogP contribution in [-0.4, -0.2) is 31.3 Å². The average molecular weight is 212 g/mol. The first-order valence-electron chi connectivity index (χ1n) is 5.23. The normalized spacial score (nSPS) is 21.5. The Hall–Kier alpha value is -0.490. The van der Waals surface area contributed by atoms with Gasteiger partial charge in [0.25, 0.3) is 0 Å². The van der Waals surface area contributed by atoms with Crippen LogP contribution in [0.15, 0.2) is 23.3 Å². The maximum Gasteiger partial charge on any atom is 0.0513 e. The predicted octanol–water partition coefficient (Wildman–Crippen LogP) is 2.53. The highest BCUT2D eigenvalue weighted by Crippen LogP contribution is 2.39. The summed E-state index contributed by atoms with van der Waals surface area (Å²) in [5.74, 6) is 2.25. The van der Waals surface area contributed by atoms with Gasteiger partial charge in [0, 0.05) is 25.5 Å². The number of rotatable bonds is 4. The van der Waals surface area contributed by atoms with E-state index >= 15 is 0 Å². The van der Waals surface area contributed by atoms with Gasteiger partial charge in [-0.2, -0.15) is 0 Å². The number of hydrogen-bond donors (Lipinski definition) is 1. The van der Waals surface area contributed by atoms with Crippen LogP contribution >= 0.6 is 7.92 Å². The third-order valence-corrected chi connectivity index (χ3v) is 4.01. The van der Waals surface area contributed by atoms with Gasteiger partial charge in [-0.05, 0) is 19.2 Å². The lowest BCUT2D eigenvalue weighted by molar-refractivity contribution is 0.405. The molecule has 1 aliphatic rings. The molecule has 1 heterocycles. The summed E-state index contributed by atoms with van der Waals surface area (Å²) in [6, 6.07) is 0. The van der Waals surface area contributed by atoms with E-state index in [1.807, 2.05) is 0 Å². The lowest BCUT2D eigenvalue weighted by Crippen LogP contribution is -2.25. The van der Waals surface area contributed by atoms with Crippen molar-refractivity contribution in [3.63, 3.8) is 0 Å². The molecule has 2 N–H and O–H groups in total. The highest BCUT2D eigenvalue weighted by molar-refractivity contribution is 7.60. The molecule has 0 amide bonds. The van der Waals surface area contributed by atoms with Crippen LogP contribution in [-0.2, 0) is 0 Å². The standard InChI is InChI=1S/C11H21N2P/c1-4-5-7-13(2)11-9-14(3)8-6-10(11)12/h6,8H,4-5,7,9,12H2,1-3H3. The summed E-state index contributed by atoms with van der Waals surface area (Å²) in [7, 11) is 2.19.